The molecule has 0 aliphatic heterocycles. The number of aromatic amines is 1. The van der Waals surface area contributed by atoms with Gasteiger partial charge in [-0.1, -0.05) is 42.5 Å². The van der Waals surface area contributed by atoms with Crippen LogP contribution in [0.3, 0.4) is 0 Å². The number of hydroxylamine groups is 1. The van der Waals surface area contributed by atoms with Crippen LogP contribution in [0.5, 0.6) is 0 Å². The molecule has 8 heteroatoms. The number of thiol groups is 1. The highest BCUT2D eigenvalue weighted by Gasteiger charge is 2.11. The number of nitrogens with one attached hydrogen (secondary N) is 2. The number of rotatable bonds is 8. The third-order valence-electron chi connectivity index (χ3n) is 4.43. The van der Waals surface area contributed by atoms with E-state index in [0.29, 0.717) is 13.0 Å². The molecule has 0 radical (unpaired) electrons. The minimum absolute atomic E-state index is 0.280. The molecule has 3 N–H and O–H groups in total. The van der Waals surface area contributed by atoms with E-state index in [4.69, 9.17) is 5.21 Å². The molecule has 1 amide bonds. The fourth-order valence-corrected chi connectivity index (χ4v) is 3.50. The SMILES string of the molecule is O=C(/C=C/c1ccc(CN(CCc2c[nH]c3ccccc23)[SH](=O)=O)cc1)NO. The highest BCUT2D eigenvalue weighted by Crippen LogP contribution is 2.19. The van der Waals surface area contributed by atoms with Gasteiger partial charge in [0.2, 0.25) is 10.9 Å². The summed E-state index contributed by atoms with van der Waals surface area (Å²) in [6, 6.07) is 15.1. The van der Waals surface area contributed by atoms with Crippen LogP contribution in [-0.4, -0.2) is 35.4 Å². The van der Waals surface area contributed by atoms with Crippen molar-refractivity contribution in [1.29, 1.82) is 0 Å². The van der Waals surface area contributed by atoms with Gasteiger partial charge in [0.25, 0.3) is 5.91 Å². The molecule has 0 saturated carbocycles. The minimum Gasteiger partial charge on any atom is -0.361 e. The third kappa shape index (κ3) is 5.07. The largest absolute Gasteiger partial charge is 0.361 e. The molecule has 0 aliphatic rings. The molecule has 3 rings (SSSR count). The molecule has 0 atom stereocenters. The summed E-state index contributed by atoms with van der Waals surface area (Å²) in [5, 5.41) is 9.57. The summed E-state index contributed by atoms with van der Waals surface area (Å²) in [7, 11) is -2.71. The van der Waals surface area contributed by atoms with Gasteiger partial charge in [-0.25, -0.2) is 13.9 Å². The van der Waals surface area contributed by atoms with Crippen molar-refractivity contribution in [2.24, 2.45) is 0 Å². The normalized spacial score (nSPS) is 11.7. The van der Waals surface area contributed by atoms with Crippen LogP contribution in [0, 0.1) is 0 Å². The zero-order valence-corrected chi connectivity index (χ0v) is 15.9. The Morgan fingerprint density at radius 1 is 1.14 bits per heavy atom. The average molecular weight is 399 g/mol. The van der Waals surface area contributed by atoms with Gasteiger partial charge in [-0.15, -0.1) is 0 Å². The maximum Gasteiger partial charge on any atom is 0.267 e. The van der Waals surface area contributed by atoms with Gasteiger partial charge in [0.05, 0.1) is 0 Å². The van der Waals surface area contributed by atoms with Crippen molar-refractivity contribution in [1.82, 2.24) is 14.8 Å². The van der Waals surface area contributed by atoms with Crippen LogP contribution in [-0.2, 0) is 28.7 Å². The molecule has 7 nitrogen and oxygen atoms in total. The van der Waals surface area contributed by atoms with Gasteiger partial charge < -0.3 is 4.98 Å². The first-order valence-electron chi connectivity index (χ1n) is 8.72. The molecular formula is C20H21N3O4S. The van der Waals surface area contributed by atoms with E-state index in [-0.39, 0.29) is 6.54 Å². The Balaban J connectivity index is 1.64. The number of amides is 1. The Bertz CT molecular complexity index is 1050. The van der Waals surface area contributed by atoms with Crippen LogP contribution in [0.1, 0.15) is 16.7 Å². The van der Waals surface area contributed by atoms with Crippen molar-refractivity contribution in [3.05, 3.63) is 77.5 Å². The van der Waals surface area contributed by atoms with Crippen molar-refractivity contribution >= 4 is 33.8 Å². The van der Waals surface area contributed by atoms with Gasteiger partial charge >= 0.3 is 0 Å². The topological polar surface area (TPSA) is 103 Å². The monoisotopic (exact) mass is 399 g/mol. The number of aromatic nitrogens is 1. The standard InChI is InChI=1S/C20H21N3O4S/c24-20(22-25)10-9-15-5-7-16(8-6-15)14-23(28(26)27)12-11-17-13-21-19-4-2-1-3-18(17)19/h1-10,13,21,25,28H,11-12,14H2,(H,22,24)/b10-9+. The number of benzene rings is 2. The Labute approximate surface area is 164 Å². The number of carbonyl (C=O) groups is 1. The first-order chi connectivity index (χ1) is 13.6. The maximum absolute atomic E-state index is 11.7. The zero-order valence-electron chi connectivity index (χ0n) is 15.0. The zero-order chi connectivity index (χ0) is 19.9. The second kappa shape index (κ2) is 9.32. The van der Waals surface area contributed by atoms with Crippen molar-refractivity contribution < 1.29 is 18.4 Å². The second-order valence-electron chi connectivity index (χ2n) is 6.29. The molecule has 0 bridgehead atoms. The number of fused-ring (bicyclic) bond motifs is 1. The van der Waals surface area contributed by atoms with Crippen LogP contribution < -0.4 is 5.48 Å². The first-order valence-corrected chi connectivity index (χ1v) is 9.85. The minimum atomic E-state index is -2.71. The molecule has 0 fully saturated rings. The summed E-state index contributed by atoms with van der Waals surface area (Å²) in [6.45, 7) is 0.668. The van der Waals surface area contributed by atoms with Gasteiger partial charge in [0.15, 0.2) is 0 Å². The summed E-state index contributed by atoms with van der Waals surface area (Å²) in [5.74, 6) is -0.615. The fourth-order valence-electron chi connectivity index (χ4n) is 2.96. The summed E-state index contributed by atoms with van der Waals surface area (Å²) in [6.07, 6.45) is 5.30. The number of hydrogen-bond acceptors (Lipinski definition) is 4. The second-order valence-corrected chi connectivity index (χ2v) is 7.33. The van der Waals surface area contributed by atoms with E-state index >= 15 is 0 Å². The predicted octanol–water partition coefficient (Wildman–Crippen LogP) is 2.26. The lowest BCUT2D eigenvalue weighted by atomic mass is 10.1. The van der Waals surface area contributed by atoms with E-state index in [1.54, 1.807) is 18.2 Å². The summed E-state index contributed by atoms with van der Waals surface area (Å²) >= 11 is 0. The number of carbonyl (C=O) groups excluding carboxylic acids is 1. The van der Waals surface area contributed by atoms with E-state index in [1.807, 2.05) is 42.6 Å². The van der Waals surface area contributed by atoms with Gasteiger partial charge in [0, 0.05) is 36.3 Å². The molecule has 1 heterocycles. The molecule has 2 aromatic carbocycles. The Morgan fingerprint density at radius 2 is 1.89 bits per heavy atom. The van der Waals surface area contributed by atoms with Crippen LogP contribution in [0.25, 0.3) is 17.0 Å². The van der Waals surface area contributed by atoms with Crippen LogP contribution in [0.4, 0.5) is 0 Å². The molecule has 146 valence electrons. The number of para-hydroxylation sites is 1. The van der Waals surface area contributed by atoms with E-state index < -0.39 is 16.8 Å². The van der Waals surface area contributed by atoms with Crippen LogP contribution >= 0.6 is 0 Å². The van der Waals surface area contributed by atoms with Gasteiger partial charge in [-0.2, -0.15) is 4.31 Å². The first kappa shape index (κ1) is 19.8. The van der Waals surface area contributed by atoms with E-state index in [1.165, 1.54) is 15.9 Å². The van der Waals surface area contributed by atoms with E-state index in [2.05, 4.69) is 4.98 Å². The van der Waals surface area contributed by atoms with Crippen molar-refractivity contribution in [3.63, 3.8) is 0 Å². The highest BCUT2D eigenvalue weighted by molar-refractivity contribution is 7.69. The molecule has 0 aliphatic carbocycles. The molecular weight excluding hydrogens is 378 g/mol. The van der Waals surface area contributed by atoms with Crippen molar-refractivity contribution in [2.45, 2.75) is 13.0 Å². The molecule has 1 aromatic heterocycles. The molecule has 0 unspecified atom stereocenters. The molecule has 0 spiro atoms. The molecule has 28 heavy (non-hydrogen) atoms. The van der Waals surface area contributed by atoms with E-state index in [0.717, 1.165) is 27.6 Å². The quantitative estimate of drug-likeness (QED) is 0.202. The number of H-pyrrole nitrogens is 1. The Morgan fingerprint density at radius 3 is 2.61 bits per heavy atom. The smallest absolute Gasteiger partial charge is 0.267 e. The predicted molar refractivity (Wildman–Crippen MR) is 108 cm³/mol. The summed E-state index contributed by atoms with van der Waals surface area (Å²) in [5.41, 5.74) is 5.26. The summed E-state index contributed by atoms with van der Waals surface area (Å²) in [4.78, 5) is 14.2. The summed E-state index contributed by atoms with van der Waals surface area (Å²) < 4.78 is 24.8. The Kier molecular flexibility index (Phi) is 6.59. The van der Waals surface area contributed by atoms with Crippen molar-refractivity contribution in [2.75, 3.05) is 6.54 Å². The van der Waals surface area contributed by atoms with Gasteiger partial charge in [0.1, 0.15) is 0 Å². The highest BCUT2D eigenvalue weighted by atomic mass is 32.2. The van der Waals surface area contributed by atoms with Crippen LogP contribution in [0.15, 0.2) is 60.8 Å². The maximum atomic E-state index is 11.7. The lowest BCUT2D eigenvalue weighted by molar-refractivity contribution is -0.124. The lowest BCUT2D eigenvalue weighted by Crippen LogP contribution is -2.24. The lowest BCUT2D eigenvalue weighted by Gasteiger charge is -2.15. The molecule has 0 saturated heterocycles. The third-order valence-corrected chi connectivity index (χ3v) is 5.23. The van der Waals surface area contributed by atoms with Crippen molar-refractivity contribution in [3.8, 4) is 0 Å². The number of nitrogens with zero attached hydrogens (tertiary/aromatic N) is 1. The number of hydrogen-bond donors (Lipinski definition) is 4. The fraction of sp³-hybridized carbons (Fsp3) is 0.150. The van der Waals surface area contributed by atoms with Crippen LogP contribution in [0.2, 0.25) is 0 Å². The van der Waals surface area contributed by atoms with Gasteiger partial charge in [-0.3, -0.25) is 10.0 Å². The van der Waals surface area contributed by atoms with Gasteiger partial charge in [-0.05, 0) is 35.3 Å². The van der Waals surface area contributed by atoms with E-state index in [9.17, 15) is 13.2 Å². The average Bonchev–Trinajstić information content (AvgIpc) is 3.13. The molecule has 3 aromatic rings. The Hall–Kier alpha value is -2.94.